The molecule has 0 spiro atoms. The number of carbonyl (C=O) groups is 2. The fourth-order valence-corrected chi connectivity index (χ4v) is 0.836. The van der Waals surface area contributed by atoms with Crippen molar-refractivity contribution in [3.8, 4) is 0 Å². The van der Waals surface area contributed by atoms with Crippen LogP contribution in [0.5, 0.6) is 0 Å². The van der Waals surface area contributed by atoms with E-state index in [1.54, 1.807) is 20.8 Å². The summed E-state index contributed by atoms with van der Waals surface area (Å²) in [5.41, 5.74) is -0.674. The van der Waals surface area contributed by atoms with Gasteiger partial charge in [0.15, 0.2) is 0 Å². The lowest BCUT2D eigenvalue weighted by molar-refractivity contribution is -0.139. The van der Waals surface area contributed by atoms with Gasteiger partial charge < -0.3 is 20.3 Å². The zero-order chi connectivity index (χ0) is 12.1. The summed E-state index contributed by atoms with van der Waals surface area (Å²) in [7, 11) is 0. The van der Waals surface area contributed by atoms with Gasteiger partial charge >= 0.3 is 12.1 Å². The molecule has 0 heterocycles. The van der Waals surface area contributed by atoms with E-state index in [9.17, 15) is 9.59 Å². The molecule has 0 saturated carbocycles. The van der Waals surface area contributed by atoms with Crippen LogP contribution in [0.15, 0.2) is 0 Å². The quantitative estimate of drug-likeness (QED) is 0.634. The summed E-state index contributed by atoms with van der Waals surface area (Å²) in [6.45, 7) is 4.71. The summed E-state index contributed by atoms with van der Waals surface area (Å²) in [6.07, 6.45) is -0.850. The molecular formula is C9H17NO5. The Bertz CT molecular complexity index is 233. The van der Waals surface area contributed by atoms with Crippen molar-refractivity contribution in [3.63, 3.8) is 0 Å². The molecule has 0 rings (SSSR count). The first-order valence-corrected chi connectivity index (χ1v) is 4.59. The lowest BCUT2D eigenvalue weighted by atomic mass is 10.2. The molecule has 0 aliphatic carbocycles. The number of aliphatic hydroxyl groups excluding tert-OH is 1. The highest BCUT2D eigenvalue weighted by Gasteiger charge is 2.23. The summed E-state index contributed by atoms with van der Waals surface area (Å²) >= 11 is 0. The van der Waals surface area contributed by atoms with Crippen molar-refractivity contribution in [2.24, 2.45) is 0 Å². The molecule has 0 radical (unpaired) electrons. The van der Waals surface area contributed by atoms with Gasteiger partial charge in [-0.15, -0.1) is 0 Å². The Morgan fingerprint density at radius 3 is 2.27 bits per heavy atom. The van der Waals surface area contributed by atoms with Crippen LogP contribution in [0.4, 0.5) is 4.79 Å². The highest BCUT2D eigenvalue weighted by molar-refractivity contribution is 5.79. The van der Waals surface area contributed by atoms with Gasteiger partial charge in [-0.1, -0.05) is 0 Å². The predicted octanol–water partition coefficient (Wildman–Crippen LogP) is 0.347. The van der Waals surface area contributed by atoms with Gasteiger partial charge in [0.25, 0.3) is 0 Å². The number of hydrogen-bond donors (Lipinski definition) is 3. The van der Waals surface area contributed by atoms with Crippen LogP contribution in [0, 0.1) is 0 Å². The van der Waals surface area contributed by atoms with E-state index in [0.717, 1.165) is 0 Å². The monoisotopic (exact) mass is 219 g/mol. The Kier molecular flexibility index (Phi) is 5.07. The first-order chi connectivity index (χ1) is 6.76. The van der Waals surface area contributed by atoms with Gasteiger partial charge in [0.1, 0.15) is 11.6 Å². The minimum atomic E-state index is -1.20. The third kappa shape index (κ3) is 6.73. The van der Waals surface area contributed by atoms with Crippen LogP contribution in [0.2, 0.25) is 0 Å². The second kappa shape index (κ2) is 5.55. The molecule has 15 heavy (non-hydrogen) atoms. The van der Waals surface area contributed by atoms with E-state index in [0.29, 0.717) is 0 Å². The molecule has 0 aromatic heterocycles. The molecule has 1 amide bonds. The highest BCUT2D eigenvalue weighted by atomic mass is 16.6. The molecule has 3 N–H and O–H groups in total. The summed E-state index contributed by atoms with van der Waals surface area (Å²) in [5, 5.41) is 19.4. The summed E-state index contributed by atoms with van der Waals surface area (Å²) in [5.74, 6) is -1.20. The number of nitrogens with one attached hydrogen (secondary N) is 1. The molecule has 0 aliphatic rings. The van der Waals surface area contributed by atoms with Gasteiger partial charge in [-0.3, -0.25) is 0 Å². The molecule has 6 nitrogen and oxygen atoms in total. The number of carbonyl (C=O) groups excluding carboxylic acids is 1. The third-order valence-electron chi connectivity index (χ3n) is 1.41. The van der Waals surface area contributed by atoms with Gasteiger partial charge in [-0.2, -0.15) is 0 Å². The molecular weight excluding hydrogens is 202 g/mol. The number of ether oxygens (including phenoxy) is 1. The molecule has 0 saturated heterocycles. The largest absolute Gasteiger partial charge is 0.480 e. The maximum atomic E-state index is 11.2. The zero-order valence-corrected chi connectivity index (χ0v) is 9.11. The lowest BCUT2D eigenvalue weighted by Gasteiger charge is -2.21. The molecule has 88 valence electrons. The van der Waals surface area contributed by atoms with Crippen molar-refractivity contribution >= 4 is 12.1 Å². The standard InChI is InChI=1S/C9H17NO5/c1-9(2,3)15-8(14)10-6(4-5-11)7(12)13/h6,11H,4-5H2,1-3H3,(H,10,14)(H,12,13). The number of rotatable bonds is 4. The second-order valence-electron chi connectivity index (χ2n) is 4.05. The molecule has 1 unspecified atom stereocenters. The zero-order valence-electron chi connectivity index (χ0n) is 9.11. The lowest BCUT2D eigenvalue weighted by Crippen LogP contribution is -2.43. The van der Waals surface area contributed by atoms with Crippen LogP contribution in [0.1, 0.15) is 27.2 Å². The van der Waals surface area contributed by atoms with Gasteiger partial charge in [-0.25, -0.2) is 9.59 Å². The fraction of sp³-hybridized carbons (Fsp3) is 0.778. The maximum Gasteiger partial charge on any atom is 0.408 e. The van der Waals surface area contributed by atoms with Crippen LogP contribution in [0.3, 0.4) is 0 Å². The molecule has 6 heteroatoms. The van der Waals surface area contributed by atoms with Gasteiger partial charge in [0.05, 0.1) is 0 Å². The van der Waals surface area contributed by atoms with Crippen LogP contribution in [-0.4, -0.2) is 40.5 Å². The van der Waals surface area contributed by atoms with Crippen molar-refractivity contribution in [2.75, 3.05) is 6.61 Å². The van der Waals surface area contributed by atoms with E-state index in [-0.39, 0.29) is 13.0 Å². The smallest absolute Gasteiger partial charge is 0.408 e. The predicted molar refractivity (Wildman–Crippen MR) is 52.5 cm³/mol. The topological polar surface area (TPSA) is 95.9 Å². The van der Waals surface area contributed by atoms with Gasteiger partial charge in [0.2, 0.25) is 0 Å². The van der Waals surface area contributed by atoms with Crippen molar-refractivity contribution in [1.29, 1.82) is 0 Å². The fourth-order valence-electron chi connectivity index (χ4n) is 0.836. The molecule has 1 atom stereocenters. The Morgan fingerprint density at radius 2 is 1.93 bits per heavy atom. The van der Waals surface area contributed by atoms with Crippen LogP contribution in [-0.2, 0) is 9.53 Å². The third-order valence-corrected chi connectivity index (χ3v) is 1.41. The van der Waals surface area contributed by atoms with Gasteiger partial charge in [-0.05, 0) is 20.8 Å². The summed E-state index contributed by atoms with van der Waals surface area (Å²) in [4.78, 5) is 21.8. The Morgan fingerprint density at radius 1 is 1.40 bits per heavy atom. The maximum absolute atomic E-state index is 11.2. The number of amides is 1. The minimum Gasteiger partial charge on any atom is -0.480 e. The van der Waals surface area contributed by atoms with E-state index in [2.05, 4.69) is 5.32 Å². The molecule has 0 aliphatic heterocycles. The van der Waals surface area contributed by atoms with Crippen molar-refractivity contribution < 1.29 is 24.5 Å². The van der Waals surface area contributed by atoms with Crippen LogP contribution >= 0.6 is 0 Å². The summed E-state index contributed by atoms with van der Waals surface area (Å²) < 4.78 is 4.87. The average Bonchev–Trinajstić information content (AvgIpc) is 1.99. The van der Waals surface area contributed by atoms with Crippen molar-refractivity contribution in [3.05, 3.63) is 0 Å². The van der Waals surface area contributed by atoms with E-state index < -0.39 is 23.7 Å². The number of aliphatic hydroxyl groups is 1. The Hall–Kier alpha value is -1.30. The van der Waals surface area contributed by atoms with Gasteiger partial charge in [0, 0.05) is 13.0 Å². The summed E-state index contributed by atoms with van der Waals surface area (Å²) in [6, 6.07) is -1.12. The van der Waals surface area contributed by atoms with E-state index >= 15 is 0 Å². The van der Waals surface area contributed by atoms with E-state index in [4.69, 9.17) is 14.9 Å². The molecule has 0 bridgehead atoms. The van der Waals surface area contributed by atoms with Crippen molar-refractivity contribution in [2.45, 2.75) is 38.8 Å². The number of aliphatic carboxylic acids is 1. The van der Waals surface area contributed by atoms with Crippen LogP contribution < -0.4 is 5.32 Å². The normalized spacial score (nSPS) is 13.1. The highest BCUT2D eigenvalue weighted by Crippen LogP contribution is 2.07. The minimum absolute atomic E-state index is 0.0470. The SMILES string of the molecule is CC(C)(C)OC(=O)NC(CCO)C(=O)O. The molecule has 0 aromatic carbocycles. The van der Waals surface area contributed by atoms with E-state index in [1.165, 1.54) is 0 Å². The number of hydrogen-bond acceptors (Lipinski definition) is 4. The molecule has 0 fully saturated rings. The van der Waals surface area contributed by atoms with Crippen LogP contribution in [0.25, 0.3) is 0 Å². The van der Waals surface area contributed by atoms with E-state index in [1.807, 2.05) is 0 Å². The first kappa shape index (κ1) is 13.7. The average molecular weight is 219 g/mol. The Labute approximate surface area is 88.2 Å². The number of alkyl carbamates (subject to hydrolysis) is 1. The number of carboxylic acids is 1. The first-order valence-electron chi connectivity index (χ1n) is 4.59. The number of carboxylic acid groups (broad SMARTS) is 1. The second-order valence-corrected chi connectivity index (χ2v) is 4.05. The van der Waals surface area contributed by atoms with Crippen molar-refractivity contribution in [1.82, 2.24) is 5.32 Å². The Balaban J connectivity index is 4.18. The molecule has 0 aromatic rings.